The number of amides is 3. The molecular weight excluding hydrogens is 258 g/mol. The lowest BCUT2D eigenvalue weighted by Gasteiger charge is -2.47. The van der Waals surface area contributed by atoms with Crippen molar-refractivity contribution >= 4 is 11.9 Å². The third-order valence-electron chi connectivity index (χ3n) is 3.42. The number of nitrogens with zero attached hydrogens (tertiary/aromatic N) is 1. The summed E-state index contributed by atoms with van der Waals surface area (Å²) in [5, 5.41) is 3.49. The number of carbonyl (C=O) groups excluding carboxylic acids is 2. The Labute approximate surface area is 99.5 Å². The first-order chi connectivity index (χ1) is 8.12. The van der Waals surface area contributed by atoms with Gasteiger partial charge in [0.05, 0.1) is 0 Å². The average Bonchev–Trinajstić information content (AvgIpc) is 2.48. The Bertz CT molecular complexity index is 413. The molecule has 102 valence electrons. The zero-order valence-electron chi connectivity index (χ0n) is 9.40. The number of imide groups is 1. The maximum atomic E-state index is 14.5. The minimum Gasteiger partial charge on any atom is -0.320 e. The monoisotopic (exact) mass is 269 g/mol. The van der Waals surface area contributed by atoms with Gasteiger partial charge in [-0.05, 0) is 13.5 Å². The van der Waals surface area contributed by atoms with E-state index in [4.69, 9.17) is 0 Å². The van der Waals surface area contributed by atoms with Gasteiger partial charge in [0.2, 0.25) is 5.67 Å². The van der Waals surface area contributed by atoms with Crippen LogP contribution in [0.15, 0.2) is 0 Å². The van der Waals surface area contributed by atoms with Gasteiger partial charge < -0.3 is 10.2 Å². The van der Waals surface area contributed by atoms with Gasteiger partial charge in [-0.3, -0.25) is 10.1 Å². The van der Waals surface area contributed by atoms with Crippen molar-refractivity contribution in [1.29, 1.82) is 0 Å². The molecule has 0 radical (unpaired) electrons. The van der Waals surface area contributed by atoms with Crippen LogP contribution in [0.1, 0.15) is 6.42 Å². The van der Waals surface area contributed by atoms with E-state index < -0.39 is 42.3 Å². The summed E-state index contributed by atoms with van der Waals surface area (Å²) in [6.07, 6.45) is -5.69. The van der Waals surface area contributed by atoms with E-state index in [9.17, 15) is 27.2 Å². The molecule has 0 aromatic rings. The summed E-state index contributed by atoms with van der Waals surface area (Å²) in [6, 6.07) is -1.10. The summed E-state index contributed by atoms with van der Waals surface area (Å²) in [5.74, 6) is -1.26. The summed E-state index contributed by atoms with van der Waals surface area (Å²) >= 11 is 0. The van der Waals surface area contributed by atoms with Crippen LogP contribution in [0, 0.1) is 0 Å². The number of rotatable bonds is 0. The van der Waals surface area contributed by atoms with Crippen molar-refractivity contribution < 1.29 is 27.2 Å². The van der Waals surface area contributed by atoms with Crippen LogP contribution in [-0.4, -0.2) is 54.4 Å². The van der Waals surface area contributed by atoms with E-state index in [-0.39, 0.29) is 6.54 Å². The summed E-state index contributed by atoms with van der Waals surface area (Å²) in [4.78, 5) is 23.7. The highest BCUT2D eigenvalue weighted by atomic mass is 19.4. The topological polar surface area (TPSA) is 61.4 Å². The van der Waals surface area contributed by atoms with E-state index in [0.717, 1.165) is 4.90 Å². The molecule has 2 rings (SSSR count). The fourth-order valence-electron chi connectivity index (χ4n) is 2.42. The Morgan fingerprint density at radius 2 is 1.94 bits per heavy atom. The van der Waals surface area contributed by atoms with Gasteiger partial charge in [-0.25, -0.2) is 9.18 Å². The number of hydrogen-bond donors (Lipinski definition) is 2. The molecule has 5 nitrogen and oxygen atoms in total. The molecule has 0 aromatic heterocycles. The molecule has 2 saturated heterocycles. The first-order valence-electron chi connectivity index (χ1n) is 5.20. The highest BCUT2D eigenvalue weighted by molar-refractivity contribution is 6.08. The Hall–Kier alpha value is -1.38. The maximum Gasteiger partial charge on any atom is 0.426 e. The fraction of sp³-hybridized carbons (Fsp3) is 0.778. The number of alkyl halides is 4. The molecule has 2 atom stereocenters. The van der Waals surface area contributed by atoms with E-state index in [1.807, 2.05) is 5.32 Å². The molecule has 0 bridgehead atoms. The van der Waals surface area contributed by atoms with Crippen molar-refractivity contribution in [2.24, 2.45) is 0 Å². The quantitative estimate of drug-likeness (QED) is 0.487. The maximum absolute atomic E-state index is 14.5. The zero-order chi connectivity index (χ0) is 13.8. The van der Waals surface area contributed by atoms with E-state index >= 15 is 0 Å². The highest BCUT2D eigenvalue weighted by Crippen LogP contribution is 2.47. The first-order valence-corrected chi connectivity index (χ1v) is 5.20. The van der Waals surface area contributed by atoms with Crippen molar-refractivity contribution in [2.75, 3.05) is 20.1 Å². The number of halogens is 4. The molecule has 9 heteroatoms. The van der Waals surface area contributed by atoms with Crippen LogP contribution in [-0.2, 0) is 4.79 Å². The molecule has 2 fully saturated rings. The lowest BCUT2D eigenvalue weighted by atomic mass is 9.74. The zero-order valence-corrected chi connectivity index (χ0v) is 9.40. The van der Waals surface area contributed by atoms with E-state index in [2.05, 4.69) is 0 Å². The van der Waals surface area contributed by atoms with Crippen LogP contribution in [0.3, 0.4) is 0 Å². The third-order valence-corrected chi connectivity index (χ3v) is 3.42. The Balaban J connectivity index is 2.51. The van der Waals surface area contributed by atoms with Crippen LogP contribution >= 0.6 is 0 Å². The second-order valence-electron chi connectivity index (χ2n) is 4.60. The van der Waals surface area contributed by atoms with Gasteiger partial charge in [0, 0.05) is 13.1 Å². The van der Waals surface area contributed by atoms with Gasteiger partial charge >= 0.3 is 12.2 Å². The highest BCUT2D eigenvalue weighted by Gasteiger charge is 2.75. The number of carbonyl (C=O) groups is 2. The Morgan fingerprint density at radius 3 is 2.39 bits per heavy atom. The summed E-state index contributed by atoms with van der Waals surface area (Å²) < 4.78 is 53.4. The normalized spacial score (nSPS) is 37.8. The molecule has 2 heterocycles. The van der Waals surface area contributed by atoms with E-state index in [0.29, 0.717) is 0 Å². The van der Waals surface area contributed by atoms with Crippen molar-refractivity contribution in [1.82, 2.24) is 15.5 Å². The minimum atomic E-state index is -5.25. The second-order valence-corrected chi connectivity index (χ2v) is 4.60. The van der Waals surface area contributed by atoms with Crippen LogP contribution in [0.2, 0.25) is 0 Å². The number of urea groups is 1. The minimum absolute atomic E-state index is 0.0788. The SMILES string of the molecule is CN1CCC2(NC(=O)NC2=O)C(F)(C(F)(F)F)C1. The summed E-state index contributed by atoms with van der Waals surface area (Å²) in [6.45, 7) is -0.917. The Morgan fingerprint density at radius 1 is 1.33 bits per heavy atom. The lowest BCUT2D eigenvalue weighted by Crippen LogP contribution is -2.75. The summed E-state index contributed by atoms with van der Waals surface area (Å²) in [5.41, 5.74) is -6.36. The van der Waals surface area contributed by atoms with Crippen molar-refractivity contribution in [3.8, 4) is 0 Å². The molecule has 3 amide bonds. The Kier molecular flexibility index (Phi) is 2.58. The lowest BCUT2D eigenvalue weighted by molar-refractivity contribution is -0.264. The number of likely N-dealkylation sites (tertiary alicyclic amines) is 1. The predicted octanol–water partition coefficient (Wildman–Crippen LogP) is 0.171. The van der Waals surface area contributed by atoms with Gasteiger partial charge in [-0.15, -0.1) is 0 Å². The van der Waals surface area contributed by atoms with Gasteiger partial charge in [0.25, 0.3) is 5.91 Å². The predicted molar refractivity (Wildman–Crippen MR) is 51.4 cm³/mol. The first kappa shape index (κ1) is 13.1. The molecule has 2 N–H and O–H groups in total. The van der Waals surface area contributed by atoms with E-state index in [1.54, 1.807) is 5.32 Å². The smallest absolute Gasteiger partial charge is 0.320 e. The molecule has 18 heavy (non-hydrogen) atoms. The van der Waals surface area contributed by atoms with Gasteiger partial charge in [0.1, 0.15) is 0 Å². The molecule has 2 aliphatic rings. The van der Waals surface area contributed by atoms with Crippen LogP contribution in [0.5, 0.6) is 0 Å². The van der Waals surface area contributed by atoms with Crippen molar-refractivity contribution in [3.05, 3.63) is 0 Å². The molecule has 0 aromatic carbocycles. The number of nitrogens with one attached hydrogen (secondary N) is 2. The van der Waals surface area contributed by atoms with E-state index in [1.165, 1.54) is 7.05 Å². The number of hydrogen-bond acceptors (Lipinski definition) is 3. The second kappa shape index (κ2) is 3.56. The fourth-order valence-corrected chi connectivity index (χ4v) is 2.42. The van der Waals surface area contributed by atoms with Gasteiger partial charge in [-0.2, -0.15) is 13.2 Å². The molecule has 0 saturated carbocycles. The van der Waals surface area contributed by atoms with Crippen molar-refractivity contribution in [3.63, 3.8) is 0 Å². The average molecular weight is 269 g/mol. The standard InChI is InChI=1S/C9H11F4N3O2/c1-16-3-2-7(5(17)14-6(18)15-7)8(10,4-16)9(11,12)13/h2-4H2,1H3,(H2,14,15,17,18). The molecule has 0 aliphatic carbocycles. The van der Waals surface area contributed by atoms with Gasteiger partial charge in [-0.1, -0.05) is 0 Å². The molecular formula is C9H11F4N3O2. The van der Waals surface area contributed by atoms with Crippen LogP contribution in [0.4, 0.5) is 22.4 Å². The number of piperidine rings is 1. The third kappa shape index (κ3) is 1.49. The molecule has 2 aliphatic heterocycles. The van der Waals surface area contributed by atoms with Crippen LogP contribution in [0.25, 0.3) is 0 Å². The largest absolute Gasteiger partial charge is 0.426 e. The molecule has 1 spiro atoms. The van der Waals surface area contributed by atoms with Crippen LogP contribution < -0.4 is 10.6 Å². The molecule has 2 unspecified atom stereocenters. The van der Waals surface area contributed by atoms with Crippen molar-refractivity contribution in [2.45, 2.75) is 23.8 Å². The summed E-state index contributed by atoms with van der Waals surface area (Å²) in [7, 11) is 1.32. The van der Waals surface area contributed by atoms with Gasteiger partial charge in [0.15, 0.2) is 5.54 Å².